The van der Waals surface area contributed by atoms with Crippen LogP contribution in [-0.2, 0) is 11.2 Å². The van der Waals surface area contributed by atoms with Gasteiger partial charge in [-0.3, -0.25) is 9.69 Å². The molecule has 6 heteroatoms. The van der Waals surface area contributed by atoms with Gasteiger partial charge in [0.05, 0.1) is 20.3 Å². The molecule has 1 aliphatic rings. The summed E-state index contributed by atoms with van der Waals surface area (Å²) < 4.78 is 10.5. The molecule has 1 aliphatic heterocycles. The van der Waals surface area contributed by atoms with Crippen molar-refractivity contribution >= 4 is 5.91 Å². The number of ether oxygens (including phenoxy) is 2. The minimum atomic E-state index is -0.322. The highest BCUT2D eigenvalue weighted by Crippen LogP contribution is 2.28. The molecule has 0 aliphatic carbocycles. The number of piperazine rings is 1. The van der Waals surface area contributed by atoms with Crippen LogP contribution in [0.4, 0.5) is 0 Å². The first-order chi connectivity index (χ1) is 11.5. The molecule has 0 radical (unpaired) electrons. The number of methoxy groups -OCH3 is 2. The number of hydrogen-bond donors (Lipinski definition) is 1. The number of rotatable bonds is 7. The fourth-order valence-electron chi connectivity index (χ4n) is 3.00. The first-order valence-electron chi connectivity index (χ1n) is 8.42. The Kier molecular flexibility index (Phi) is 6.87. The van der Waals surface area contributed by atoms with Gasteiger partial charge in [0.25, 0.3) is 0 Å². The SMILES string of the molecule is COc1ccc(CCC(=O)N2CCN(C[C@@H](C)O)CC2)cc1OC. The molecule has 2 rings (SSSR count). The Balaban J connectivity index is 1.81. The lowest BCUT2D eigenvalue weighted by Crippen LogP contribution is -2.50. The molecule has 0 bridgehead atoms. The second-order valence-electron chi connectivity index (χ2n) is 6.22. The van der Waals surface area contributed by atoms with E-state index in [1.54, 1.807) is 21.1 Å². The minimum Gasteiger partial charge on any atom is -0.493 e. The van der Waals surface area contributed by atoms with E-state index in [1.165, 1.54) is 0 Å². The fraction of sp³-hybridized carbons (Fsp3) is 0.611. The summed E-state index contributed by atoms with van der Waals surface area (Å²) in [6.07, 6.45) is 0.858. The molecule has 24 heavy (non-hydrogen) atoms. The highest BCUT2D eigenvalue weighted by Gasteiger charge is 2.21. The van der Waals surface area contributed by atoms with Crippen molar-refractivity contribution in [1.82, 2.24) is 9.80 Å². The molecule has 0 spiro atoms. The van der Waals surface area contributed by atoms with Crippen molar-refractivity contribution in [3.05, 3.63) is 23.8 Å². The molecular weight excluding hydrogens is 308 g/mol. The quantitative estimate of drug-likeness (QED) is 0.810. The molecule has 134 valence electrons. The van der Waals surface area contributed by atoms with Crippen LogP contribution >= 0.6 is 0 Å². The van der Waals surface area contributed by atoms with E-state index in [0.717, 1.165) is 31.7 Å². The molecule has 1 amide bonds. The second kappa shape index (κ2) is 8.89. The van der Waals surface area contributed by atoms with Gasteiger partial charge in [-0.1, -0.05) is 6.07 Å². The van der Waals surface area contributed by atoms with E-state index < -0.39 is 0 Å². The zero-order valence-electron chi connectivity index (χ0n) is 14.8. The van der Waals surface area contributed by atoms with Crippen molar-refractivity contribution in [2.75, 3.05) is 46.9 Å². The van der Waals surface area contributed by atoms with Gasteiger partial charge in [0, 0.05) is 39.1 Å². The van der Waals surface area contributed by atoms with E-state index in [-0.39, 0.29) is 12.0 Å². The van der Waals surface area contributed by atoms with Crippen molar-refractivity contribution in [3.63, 3.8) is 0 Å². The highest BCUT2D eigenvalue weighted by molar-refractivity contribution is 5.76. The molecule has 0 unspecified atom stereocenters. The Morgan fingerprint density at radius 2 is 1.83 bits per heavy atom. The van der Waals surface area contributed by atoms with Gasteiger partial charge in [-0.2, -0.15) is 0 Å². The van der Waals surface area contributed by atoms with Crippen LogP contribution < -0.4 is 9.47 Å². The Labute approximate surface area is 144 Å². The molecule has 1 fully saturated rings. The Morgan fingerprint density at radius 3 is 2.42 bits per heavy atom. The van der Waals surface area contributed by atoms with Gasteiger partial charge in [-0.25, -0.2) is 0 Å². The van der Waals surface area contributed by atoms with Crippen LogP contribution in [0.25, 0.3) is 0 Å². The van der Waals surface area contributed by atoms with Crippen LogP contribution in [0.5, 0.6) is 11.5 Å². The first-order valence-corrected chi connectivity index (χ1v) is 8.42. The number of hydrogen-bond acceptors (Lipinski definition) is 5. The average Bonchev–Trinajstić information content (AvgIpc) is 2.59. The van der Waals surface area contributed by atoms with Crippen molar-refractivity contribution in [2.45, 2.75) is 25.9 Å². The van der Waals surface area contributed by atoms with Gasteiger partial charge in [0.15, 0.2) is 11.5 Å². The zero-order chi connectivity index (χ0) is 17.5. The number of nitrogens with zero attached hydrogens (tertiary/aromatic N) is 2. The number of aliphatic hydroxyl groups excluding tert-OH is 1. The smallest absolute Gasteiger partial charge is 0.222 e. The number of aliphatic hydroxyl groups is 1. The van der Waals surface area contributed by atoms with Crippen LogP contribution in [0.3, 0.4) is 0 Å². The van der Waals surface area contributed by atoms with E-state index in [0.29, 0.717) is 30.9 Å². The van der Waals surface area contributed by atoms with E-state index in [9.17, 15) is 9.90 Å². The molecule has 0 saturated carbocycles. The van der Waals surface area contributed by atoms with Crippen LogP contribution in [0.2, 0.25) is 0 Å². The van der Waals surface area contributed by atoms with Crippen molar-refractivity contribution < 1.29 is 19.4 Å². The Morgan fingerprint density at radius 1 is 1.17 bits per heavy atom. The molecule has 6 nitrogen and oxygen atoms in total. The number of aryl methyl sites for hydroxylation is 1. The van der Waals surface area contributed by atoms with Crippen molar-refractivity contribution in [1.29, 1.82) is 0 Å². The molecule has 1 heterocycles. The zero-order valence-corrected chi connectivity index (χ0v) is 14.8. The number of carbonyl (C=O) groups is 1. The normalized spacial score (nSPS) is 16.8. The van der Waals surface area contributed by atoms with Gasteiger partial charge in [-0.05, 0) is 31.0 Å². The number of benzene rings is 1. The number of carbonyl (C=O) groups excluding carboxylic acids is 1. The summed E-state index contributed by atoms with van der Waals surface area (Å²) in [5.74, 6) is 1.57. The van der Waals surface area contributed by atoms with Crippen molar-refractivity contribution in [2.24, 2.45) is 0 Å². The topological polar surface area (TPSA) is 62.2 Å². The molecule has 1 saturated heterocycles. The lowest BCUT2D eigenvalue weighted by molar-refractivity contribution is -0.133. The maximum atomic E-state index is 12.4. The molecule has 0 aromatic heterocycles. The van der Waals surface area contributed by atoms with Gasteiger partial charge in [0.1, 0.15) is 0 Å². The average molecular weight is 336 g/mol. The Bertz CT molecular complexity index is 540. The largest absolute Gasteiger partial charge is 0.493 e. The second-order valence-corrected chi connectivity index (χ2v) is 6.22. The van der Waals surface area contributed by atoms with Gasteiger partial charge in [0.2, 0.25) is 5.91 Å². The predicted octanol–water partition coefficient (Wildman–Crippen LogP) is 1.16. The summed E-state index contributed by atoms with van der Waals surface area (Å²) >= 11 is 0. The molecule has 1 atom stereocenters. The highest BCUT2D eigenvalue weighted by atomic mass is 16.5. The minimum absolute atomic E-state index is 0.182. The Hall–Kier alpha value is -1.79. The van der Waals surface area contributed by atoms with E-state index in [1.807, 2.05) is 23.1 Å². The van der Waals surface area contributed by atoms with Crippen LogP contribution in [-0.4, -0.2) is 73.9 Å². The first kappa shape index (κ1) is 18.5. The third-order valence-corrected chi connectivity index (χ3v) is 4.32. The fourth-order valence-corrected chi connectivity index (χ4v) is 3.00. The lowest BCUT2D eigenvalue weighted by atomic mass is 10.1. The van der Waals surface area contributed by atoms with Gasteiger partial charge < -0.3 is 19.5 Å². The van der Waals surface area contributed by atoms with Crippen LogP contribution in [0.15, 0.2) is 18.2 Å². The summed E-state index contributed by atoms with van der Waals surface area (Å²) in [7, 11) is 3.22. The summed E-state index contributed by atoms with van der Waals surface area (Å²) in [6, 6.07) is 5.76. The summed E-state index contributed by atoms with van der Waals surface area (Å²) in [4.78, 5) is 16.5. The third kappa shape index (κ3) is 5.11. The molecule has 1 aromatic rings. The predicted molar refractivity (Wildman–Crippen MR) is 92.6 cm³/mol. The van der Waals surface area contributed by atoms with Gasteiger partial charge >= 0.3 is 0 Å². The monoisotopic (exact) mass is 336 g/mol. The summed E-state index contributed by atoms with van der Waals surface area (Å²) in [6.45, 7) is 5.59. The molecule has 1 aromatic carbocycles. The van der Waals surface area contributed by atoms with Gasteiger partial charge in [-0.15, -0.1) is 0 Å². The molecular formula is C18H28N2O4. The van der Waals surface area contributed by atoms with E-state index >= 15 is 0 Å². The van der Waals surface area contributed by atoms with E-state index in [2.05, 4.69) is 4.90 Å². The summed E-state index contributed by atoms with van der Waals surface area (Å²) in [5.41, 5.74) is 1.06. The maximum Gasteiger partial charge on any atom is 0.222 e. The summed E-state index contributed by atoms with van der Waals surface area (Å²) in [5, 5.41) is 9.43. The third-order valence-electron chi connectivity index (χ3n) is 4.32. The number of amides is 1. The van der Waals surface area contributed by atoms with Crippen molar-refractivity contribution in [3.8, 4) is 11.5 Å². The number of β-amino-alcohol motifs (C(OH)–C–C–N with tert-alkyl or cyclic N) is 1. The maximum absolute atomic E-state index is 12.4. The standard InChI is InChI=1S/C18H28N2O4/c1-14(21)13-19-8-10-20(11-9-19)18(22)7-5-15-4-6-16(23-2)17(12-15)24-3/h4,6,12,14,21H,5,7-11,13H2,1-3H3/t14-/m1/s1. The van der Waals surface area contributed by atoms with Crippen LogP contribution in [0.1, 0.15) is 18.9 Å². The van der Waals surface area contributed by atoms with E-state index in [4.69, 9.17) is 9.47 Å². The lowest BCUT2D eigenvalue weighted by Gasteiger charge is -2.35. The van der Waals surface area contributed by atoms with Crippen LogP contribution in [0, 0.1) is 0 Å². The molecule has 1 N–H and O–H groups in total.